The van der Waals surface area contributed by atoms with Crippen molar-refractivity contribution in [3.05, 3.63) is 83.4 Å². The topological polar surface area (TPSA) is 129 Å². The van der Waals surface area contributed by atoms with Crippen LogP contribution in [0.3, 0.4) is 0 Å². The highest BCUT2D eigenvalue weighted by molar-refractivity contribution is 5.63. The predicted molar refractivity (Wildman–Crippen MR) is 139 cm³/mol. The zero-order chi connectivity index (χ0) is 26.2. The summed E-state index contributed by atoms with van der Waals surface area (Å²) < 4.78 is 23.8. The largest absolute Gasteiger partial charge is 0.497 e. The van der Waals surface area contributed by atoms with E-state index >= 15 is 0 Å². The van der Waals surface area contributed by atoms with Crippen LogP contribution in [-0.4, -0.2) is 49.7 Å². The molecule has 37 heavy (non-hydrogen) atoms. The normalized spacial score (nSPS) is 27.8. The van der Waals surface area contributed by atoms with Gasteiger partial charge < -0.3 is 40.6 Å². The van der Waals surface area contributed by atoms with Crippen LogP contribution in [0.15, 0.2) is 66.7 Å². The van der Waals surface area contributed by atoms with Gasteiger partial charge in [0.05, 0.1) is 26.4 Å². The van der Waals surface area contributed by atoms with E-state index in [2.05, 4.69) is 0 Å². The van der Waals surface area contributed by atoms with E-state index in [4.69, 9.17) is 30.4 Å². The van der Waals surface area contributed by atoms with Crippen molar-refractivity contribution in [2.45, 2.75) is 42.1 Å². The summed E-state index contributed by atoms with van der Waals surface area (Å²) in [7, 11) is 3.11. The van der Waals surface area contributed by atoms with Gasteiger partial charge in [-0.25, -0.2) is 0 Å². The first-order valence-corrected chi connectivity index (χ1v) is 12.5. The Morgan fingerprint density at radius 3 is 2.32 bits per heavy atom. The highest BCUT2D eigenvalue weighted by atomic mass is 16.5. The molecule has 3 aromatic carbocycles. The lowest BCUT2D eigenvalue weighted by molar-refractivity contribution is -0.150. The van der Waals surface area contributed by atoms with Crippen LogP contribution in [0.5, 0.6) is 23.0 Å². The summed E-state index contributed by atoms with van der Waals surface area (Å²) in [6, 6.07) is 19.5. The van der Waals surface area contributed by atoms with E-state index in [-0.39, 0.29) is 0 Å². The van der Waals surface area contributed by atoms with Gasteiger partial charge in [0.25, 0.3) is 0 Å². The lowest BCUT2D eigenvalue weighted by Crippen LogP contribution is -2.52. The maximum Gasteiger partial charge on any atom is 0.178 e. The van der Waals surface area contributed by atoms with Gasteiger partial charge in [-0.05, 0) is 42.6 Å². The van der Waals surface area contributed by atoms with Crippen molar-refractivity contribution in [3.63, 3.8) is 0 Å². The highest BCUT2D eigenvalue weighted by Crippen LogP contribution is 2.68. The quantitative estimate of drug-likeness (QED) is 0.326. The van der Waals surface area contributed by atoms with Gasteiger partial charge in [0.15, 0.2) is 11.2 Å². The number of aliphatic hydroxyl groups is 2. The molecule has 0 unspecified atom stereocenters. The van der Waals surface area contributed by atoms with Gasteiger partial charge in [0.2, 0.25) is 0 Å². The molecule has 3 aromatic rings. The molecular weight excluding hydrogens is 472 g/mol. The molecule has 1 aliphatic heterocycles. The fourth-order valence-corrected chi connectivity index (χ4v) is 5.95. The number of hydrogen-bond acceptors (Lipinski definition) is 8. The van der Waals surface area contributed by atoms with Crippen LogP contribution >= 0.6 is 0 Å². The molecule has 1 fully saturated rings. The van der Waals surface area contributed by atoms with Crippen LogP contribution in [0.4, 0.5) is 0 Å². The maximum absolute atomic E-state index is 12.6. The molecule has 0 saturated heterocycles. The first-order chi connectivity index (χ1) is 17.9. The van der Waals surface area contributed by atoms with E-state index in [0.29, 0.717) is 47.3 Å². The minimum atomic E-state index is -1.92. The van der Waals surface area contributed by atoms with Crippen molar-refractivity contribution < 1.29 is 29.2 Å². The van der Waals surface area contributed by atoms with Crippen LogP contribution in [0.2, 0.25) is 0 Å². The molecule has 0 bridgehead atoms. The fraction of sp³-hybridized carbons (Fsp3) is 0.379. The molecule has 1 saturated carbocycles. The third-order valence-electron chi connectivity index (χ3n) is 7.64. The standard InChI is InChI=1S/C29H34N2O6/c1-34-20-12-10-19(11-13-20)29-24(18-8-4-3-5-9-18)26(31)27(32)28(29,33)25-22(35-2)16-21(17-23(25)37-29)36-15-7-6-14-30/h3-5,8-13,16-17,24,26-27,32-33H,6-7,14-15,30-31H2,1-2H3/t24-,26-,27-,28+,29+/m1/s1. The van der Waals surface area contributed by atoms with Crippen LogP contribution in [0, 0.1) is 0 Å². The van der Waals surface area contributed by atoms with Crippen molar-refractivity contribution in [3.8, 4) is 23.0 Å². The zero-order valence-corrected chi connectivity index (χ0v) is 21.1. The van der Waals surface area contributed by atoms with Crippen molar-refractivity contribution in [2.75, 3.05) is 27.4 Å². The molecule has 0 spiro atoms. The Balaban J connectivity index is 1.71. The molecule has 5 atom stereocenters. The maximum atomic E-state index is 12.6. The average Bonchev–Trinajstić information content (AvgIpc) is 3.29. The Morgan fingerprint density at radius 1 is 0.946 bits per heavy atom. The van der Waals surface area contributed by atoms with Gasteiger partial charge >= 0.3 is 0 Å². The lowest BCUT2D eigenvalue weighted by Gasteiger charge is -2.40. The van der Waals surface area contributed by atoms with E-state index in [1.165, 1.54) is 7.11 Å². The van der Waals surface area contributed by atoms with E-state index < -0.39 is 29.3 Å². The lowest BCUT2D eigenvalue weighted by atomic mass is 9.71. The molecule has 8 nitrogen and oxygen atoms in total. The number of rotatable bonds is 9. The van der Waals surface area contributed by atoms with Gasteiger partial charge in [-0.1, -0.05) is 42.5 Å². The summed E-state index contributed by atoms with van der Waals surface area (Å²) in [4.78, 5) is 0. The Bertz CT molecular complexity index is 1240. The number of unbranched alkanes of at least 4 members (excludes halogenated alkanes) is 1. The second kappa shape index (κ2) is 9.87. The molecule has 2 aliphatic rings. The van der Waals surface area contributed by atoms with Gasteiger partial charge in [0, 0.05) is 24.1 Å². The number of hydrogen-bond donors (Lipinski definition) is 4. The zero-order valence-electron chi connectivity index (χ0n) is 21.1. The van der Waals surface area contributed by atoms with E-state index in [1.807, 2.05) is 42.5 Å². The summed E-state index contributed by atoms with van der Waals surface area (Å²) in [6.45, 7) is 1.07. The number of nitrogens with two attached hydrogens (primary N) is 2. The van der Waals surface area contributed by atoms with Gasteiger partial charge in [0.1, 0.15) is 29.1 Å². The second-order valence-corrected chi connectivity index (χ2v) is 9.59. The smallest absolute Gasteiger partial charge is 0.178 e. The van der Waals surface area contributed by atoms with E-state index in [1.54, 1.807) is 31.4 Å². The molecule has 6 N–H and O–H groups in total. The van der Waals surface area contributed by atoms with Gasteiger partial charge in [-0.3, -0.25) is 0 Å². The highest BCUT2D eigenvalue weighted by Gasteiger charge is 2.76. The van der Waals surface area contributed by atoms with Crippen LogP contribution in [0.1, 0.15) is 35.4 Å². The Hall–Kier alpha value is -3.30. The monoisotopic (exact) mass is 506 g/mol. The van der Waals surface area contributed by atoms with Crippen LogP contribution in [0.25, 0.3) is 0 Å². The van der Waals surface area contributed by atoms with Crippen molar-refractivity contribution >= 4 is 0 Å². The van der Waals surface area contributed by atoms with Crippen molar-refractivity contribution in [1.29, 1.82) is 0 Å². The summed E-state index contributed by atoms with van der Waals surface area (Å²) >= 11 is 0. The molecule has 1 heterocycles. The third-order valence-corrected chi connectivity index (χ3v) is 7.64. The van der Waals surface area contributed by atoms with Gasteiger partial charge in [-0.2, -0.15) is 0 Å². The van der Waals surface area contributed by atoms with Gasteiger partial charge in [-0.15, -0.1) is 0 Å². The first kappa shape index (κ1) is 25.4. The molecule has 196 valence electrons. The summed E-state index contributed by atoms with van der Waals surface area (Å²) in [6.07, 6.45) is 0.299. The second-order valence-electron chi connectivity index (χ2n) is 9.59. The first-order valence-electron chi connectivity index (χ1n) is 12.5. The van der Waals surface area contributed by atoms with Crippen molar-refractivity contribution in [2.24, 2.45) is 11.5 Å². The predicted octanol–water partition coefficient (Wildman–Crippen LogP) is 2.78. The number of fused-ring (bicyclic) bond motifs is 3. The molecule has 0 radical (unpaired) electrons. The molecule has 8 heteroatoms. The van der Waals surface area contributed by atoms with Crippen LogP contribution in [-0.2, 0) is 11.2 Å². The Kier molecular flexibility index (Phi) is 6.76. The van der Waals surface area contributed by atoms with E-state index in [9.17, 15) is 10.2 Å². The molecule has 1 aliphatic carbocycles. The summed E-state index contributed by atoms with van der Waals surface area (Å²) in [5.41, 5.74) is 10.8. The molecular formula is C29H34N2O6. The average molecular weight is 507 g/mol. The number of benzene rings is 3. The Morgan fingerprint density at radius 2 is 1.68 bits per heavy atom. The van der Waals surface area contributed by atoms with Crippen molar-refractivity contribution in [1.82, 2.24) is 0 Å². The SMILES string of the molecule is COc1ccc([C@@]23Oc4cc(OCCCCN)cc(OC)c4[C@]2(O)[C@H](O)[C@H](N)[C@H]3c2ccccc2)cc1. The molecule has 0 amide bonds. The summed E-state index contributed by atoms with van der Waals surface area (Å²) in [5.74, 6) is 1.33. The molecule has 0 aromatic heterocycles. The summed E-state index contributed by atoms with van der Waals surface area (Å²) in [5, 5.41) is 24.3. The molecule has 5 rings (SSSR count). The van der Waals surface area contributed by atoms with Crippen LogP contribution < -0.4 is 30.4 Å². The minimum absolute atomic E-state index is 0.349. The number of methoxy groups -OCH3 is 2. The Labute approximate surface area is 216 Å². The fourth-order valence-electron chi connectivity index (χ4n) is 5.95. The number of aliphatic hydroxyl groups excluding tert-OH is 1. The minimum Gasteiger partial charge on any atom is -0.497 e. The van der Waals surface area contributed by atoms with E-state index in [0.717, 1.165) is 18.4 Å². The number of ether oxygens (including phenoxy) is 4. The third kappa shape index (κ3) is 3.75.